The molecule has 138 valence electrons. The van der Waals surface area contributed by atoms with Crippen molar-refractivity contribution in [2.45, 2.75) is 33.1 Å². The fraction of sp³-hybridized carbons (Fsp3) is 0.444. The number of nitrogens with zero attached hydrogens (tertiary/aromatic N) is 2. The summed E-state index contributed by atoms with van der Waals surface area (Å²) in [7, 11) is 0. The highest BCUT2D eigenvalue weighted by atomic mass is 127. The molecule has 0 radical (unpaired) electrons. The van der Waals surface area contributed by atoms with Crippen LogP contribution in [0.5, 0.6) is 0 Å². The van der Waals surface area contributed by atoms with E-state index in [2.05, 4.69) is 44.9 Å². The van der Waals surface area contributed by atoms with E-state index < -0.39 is 0 Å². The first-order valence-electron chi connectivity index (χ1n) is 8.44. The lowest BCUT2D eigenvalue weighted by molar-refractivity contribution is 0.776. The molecule has 2 rings (SSSR count). The number of benzene rings is 1. The first-order valence-corrected chi connectivity index (χ1v) is 8.82. The van der Waals surface area contributed by atoms with Crippen LogP contribution in [0.4, 0.5) is 0 Å². The Balaban J connectivity index is 0.00000312. The molecule has 3 N–H and O–H groups in total. The van der Waals surface area contributed by atoms with Crippen molar-refractivity contribution in [2.75, 3.05) is 19.6 Å². The number of aromatic nitrogens is 2. The van der Waals surface area contributed by atoms with Gasteiger partial charge in [-0.25, -0.2) is 0 Å². The Morgan fingerprint density at radius 3 is 2.60 bits per heavy atom. The molecule has 0 spiro atoms. The second kappa shape index (κ2) is 12.1. The summed E-state index contributed by atoms with van der Waals surface area (Å²) in [5.41, 5.74) is 3.68. The van der Waals surface area contributed by atoms with Gasteiger partial charge in [0.1, 0.15) is 0 Å². The lowest BCUT2D eigenvalue weighted by Gasteiger charge is -2.11. The minimum Gasteiger partial charge on any atom is -0.357 e. The molecule has 1 aromatic heterocycles. The van der Waals surface area contributed by atoms with Gasteiger partial charge in [0.05, 0.1) is 6.20 Å². The number of aliphatic imine (C=N–C) groups is 1. The van der Waals surface area contributed by atoms with Crippen molar-refractivity contribution in [2.24, 2.45) is 4.99 Å². The van der Waals surface area contributed by atoms with Crippen molar-refractivity contribution in [1.29, 1.82) is 0 Å². The number of nitrogens with one attached hydrogen (secondary N) is 3. The van der Waals surface area contributed by atoms with Gasteiger partial charge in [-0.15, -0.1) is 24.0 Å². The number of rotatable bonds is 8. The average Bonchev–Trinajstić information content (AvgIpc) is 2.98. The zero-order valence-electron chi connectivity index (χ0n) is 14.8. The van der Waals surface area contributed by atoms with Crippen LogP contribution in [-0.2, 0) is 12.8 Å². The molecule has 0 atom stereocenters. The van der Waals surface area contributed by atoms with E-state index in [-0.39, 0.29) is 24.0 Å². The standard InChI is InChI=1S/C18H26ClN5.HI/c1-3-20-18(21-11-4-5-16-13-23-24-14(16)2)22-12-10-15-6-8-17(19)9-7-15;/h6-9,13H,3-5,10-12H2,1-2H3,(H,23,24)(H2,20,21,22);1H. The molecule has 0 fully saturated rings. The molecule has 1 aromatic carbocycles. The number of aromatic amines is 1. The van der Waals surface area contributed by atoms with Gasteiger partial charge >= 0.3 is 0 Å². The lowest BCUT2D eigenvalue weighted by atomic mass is 10.1. The Bertz CT molecular complexity index is 639. The molecule has 0 unspecified atom stereocenters. The fourth-order valence-corrected chi connectivity index (χ4v) is 2.53. The molecule has 5 nitrogen and oxygen atoms in total. The highest BCUT2D eigenvalue weighted by Crippen LogP contribution is 2.09. The average molecular weight is 476 g/mol. The normalized spacial score (nSPS) is 11.1. The molecular weight excluding hydrogens is 449 g/mol. The second-order valence-electron chi connectivity index (χ2n) is 5.69. The zero-order valence-corrected chi connectivity index (χ0v) is 17.9. The second-order valence-corrected chi connectivity index (χ2v) is 6.12. The maximum absolute atomic E-state index is 5.90. The zero-order chi connectivity index (χ0) is 17.2. The highest BCUT2D eigenvalue weighted by molar-refractivity contribution is 14.0. The van der Waals surface area contributed by atoms with Crippen molar-refractivity contribution < 1.29 is 0 Å². The van der Waals surface area contributed by atoms with Crippen molar-refractivity contribution in [3.63, 3.8) is 0 Å². The summed E-state index contributed by atoms with van der Waals surface area (Å²) in [5, 5.41) is 14.4. The maximum Gasteiger partial charge on any atom is 0.191 e. The van der Waals surface area contributed by atoms with Gasteiger partial charge in [-0.05, 0) is 56.4 Å². The Morgan fingerprint density at radius 2 is 1.96 bits per heavy atom. The van der Waals surface area contributed by atoms with Crippen LogP contribution in [0.3, 0.4) is 0 Å². The quantitative estimate of drug-likeness (QED) is 0.236. The van der Waals surface area contributed by atoms with E-state index in [1.54, 1.807) is 0 Å². The molecule has 0 bridgehead atoms. The van der Waals surface area contributed by atoms with Gasteiger partial charge in [0.25, 0.3) is 0 Å². The van der Waals surface area contributed by atoms with E-state index >= 15 is 0 Å². The summed E-state index contributed by atoms with van der Waals surface area (Å²) in [6.07, 6.45) is 4.84. The van der Waals surface area contributed by atoms with Gasteiger partial charge in [0.2, 0.25) is 0 Å². The minimum absolute atomic E-state index is 0. The third kappa shape index (κ3) is 8.09. The highest BCUT2D eigenvalue weighted by Gasteiger charge is 2.01. The van der Waals surface area contributed by atoms with Crippen molar-refractivity contribution in [3.05, 3.63) is 52.3 Å². The van der Waals surface area contributed by atoms with Crippen LogP contribution in [-0.4, -0.2) is 35.8 Å². The Kier molecular flexibility index (Phi) is 10.6. The Labute approximate surface area is 172 Å². The summed E-state index contributed by atoms with van der Waals surface area (Å²) in [4.78, 5) is 4.63. The molecule has 0 saturated carbocycles. The fourth-order valence-electron chi connectivity index (χ4n) is 2.41. The van der Waals surface area contributed by atoms with Crippen LogP contribution < -0.4 is 10.6 Å². The van der Waals surface area contributed by atoms with E-state index in [1.165, 1.54) is 11.1 Å². The third-order valence-corrected chi connectivity index (χ3v) is 4.02. The van der Waals surface area contributed by atoms with Crippen molar-refractivity contribution >= 4 is 41.5 Å². The van der Waals surface area contributed by atoms with Crippen LogP contribution in [0.2, 0.25) is 5.02 Å². The molecule has 7 heteroatoms. The minimum atomic E-state index is 0. The Morgan fingerprint density at radius 1 is 1.20 bits per heavy atom. The van der Waals surface area contributed by atoms with Gasteiger partial charge in [-0.3, -0.25) is 10.1 Å². The predicted octanol–water partition coefficient (Wildman–Crippen LogP) is 3.72. The van der Waals surface area contributed by atoms with Gasteiger partial charge in [-0.2, -0.15) is 5.10 Å². The Hall–Kier alpha value is -1.28. The lowest BCUT2D eigenvalue weighted by Crippen LogP contribution is -2.38. The van der Waals surface area contributed by atoms with Crippen molar-refractivity contribution in [3.8, 4) is 0 Å². The number of guanidine groups is 1. The SMILES string of the molecule is CCNC(=NCCCc1cn[nH]c1C)NCCc1ccc(Cl)cc1.I. The van der Waals surface area contributed by atoms with Gasteiger partial charge in [0, 0.05) is 30.4 Å². The maximum atomic E-state index is 5.90. The molecule has 0 aliphatic rings. The van der Waals surface area contributed by atoms with Crippen LogP contribution in [0.1, 0.15) is 30.2 Å². The van der Waals surface area contributed by atoms with E-state index in [4.69, 9.17) is 11.6 Å². The van der Waals surface area contributed by atoms with E-state index in [9.17, 15) is 0 Å². The van der Waals surface area contributed by atoms with Gasteiger partial charge < -0.3 is 10.6 Å². The monoisotopic (exact) mass is 475 g/mol. The van der Waals surface area contributed by atoms with E-state index in [0.717, 1.165) is 55.6 Å². The first kappa shape index (κ1) is 21.8. The van der Waals surface area contributed by atoms with Crippen LogP contribution >= 0.6 is 35.6 Å². The molecule has 0 amide bonds. The molecule has 0 aliphatic heterocycles. The van der Waals surface area contributed by atoms with E-state index in [0.29, 0.717) is 0 Å². The van der Waals surface area contributed by atoms with Gasteiger partial charge in [0.15, 0.2) is 5.96 Å². The van der Waals surface area contributed by atoms with Crippen LogP contribution in [0.15, 0.2) is 35.5 Å². The molecular formula is C18H27ClIN5. The molecule has 1 heterocycles. The number of hydrogen-bond acceptors (Lipinski definition) is 2. The summed E-state index contributed by atoms with van der Waals surface area (Å²) in [6, 6.07) is 7.96. The molecule has 2 aromatic rings. The summed E-state index contributed by atoms with van der Waals surface area (Å²) in [6.45, 7) is 6.61. The molecule has 0 saturated heterocycles. The summed E-state index contributed by atoms with van der Waals surface area (Å²) < 4.78 is 0. The largest absolute Gasteiger partial charge is 0.357 e. The molecule has 0 aliphatic carbocycles. The summed E-state index contributed by atoms with van der Waals surface area (Å²) in [5.74, 6) is 0.871. The number of aryl methyl sites for hydroxylation is 2. The molecule has 25 heavy (non-hydrogen) atoms. The number of hydrogen-bond donors (Lipinski definition) is 3. The van der Waals surface area contributed by atoms with Crippen LogP contribution in [0, 0.1) is 6.92 Å². The first-order chi connectivity index (χ1) is 11.7. The third-order valence-electron chi connectivity index (χ3n) is 3.77. The number of H-pyrrole nitrogens is 1. The van der Waals surface area contributed by atoms with Crippen LogP contribution in [0.25, 0.3) is 0 Å². The van der Waals surface area contributed by atoms with E-state index in [1.807, 2.05) is 25.3 Å². The number of halogens is 2. The smallest absolute Gasteiger partial charge is 0.191 e. The van der Waals surface area contributed by atoms with Crippen molar-refractivity contribution in [1.82, 2.24) is 20.8 Å². The predicted molar refractivity (Wildman–Crippen MR) is 116 cm³/mol. The van der Waals surface area contributed by atoms with Gasteiger partial charge in [-0.1, -0.05) is 23.7 Å². The summed E-state index contributed by atoms with van der Waals surface area (Å²) >= 11 is 5.90. The topological polar surface area (TPSA) is 65.1 Å².